The molecule has 32 heavy (non-hydrogen) atoms. The number of carbonyl (C=O) groups excluding carboxylic acids is 1. The van der Waals surface area contributed by atoms with E-state index < -0.39 is 0 Å². The highest BCUT2D eigenvalue weighted by atomic mass is 16.5. The molecule has 0 amide bonds. The number of imidazole rings is 1. The maximum absolute atomic E-state index is 11.4. The molecular formula is C26H33N3O3. The summed E-state index contributed by atoms with van der Waals surface area (Å²) in [6.07, 6.45) is 3.43. The fourth-order valence-corrected chi connectivity index (χ4v) is 5.19. The van der Waals surface area contributed by atoms with Crippen molar-refractivity contribution in [3.63, 3.8) is 0 Å². The first-order valence-corrected chi connectivity index (χ1v) is 11.4. The highest BCUT2D eigenvalue weighted by Crippen LogP contribution is 2.46. The Morgan fingerprint density at radius 1 is 1.16 bits per heavy atom. The van der Waals surface area contributed by atoms with Gasteiger partial charge in [0.2, 0.25) is 5.95 Å². The first-order valence-electron chi connectivity index (χ1n) is 11.4. The number of esters is 1. The molecule has 3 aromatic rings. The van der Waals surface area contributed by atoms with Crippen molar-refractivity contribution in [1.82, 2.24) is 9.55 Å². The number of ether oxygens (including phenoxy) is 2. The Kier molecular flexibility index (Phi) is 6.13. The van der Waals surface area contributed by atoms with Gasteiger partial charge in [0, 0.05) is 24.7 Å². The smallest absolute Gasteiger partial charge is 0.308 e. The van der Waals surface area contributed by atoms with Crippen LogP contribution in [0.4, 0.5) is 11.6 Å². The highest BCUT2D eigenvalue weighted by molar-refractivity contribution is 5.82. The van der Waals surface area contributed by atoms with Gasteiger partial charge in [0.1, 0.15) is 11.5 Å². The van der Waals surface area contributed by atoms with Crippen LogP contribution in [0, 0.1) is 11.3 Å². The Morgan fingerprint density at radius 2 is 1.88 bits per heavy atom. The summed E-state index contributed by atoms with van der Waals surface area (Å²) in [6.45, 7) is 11.1. The second kappa shape index (κ2) is 8.85. The maximum Gasteiger partial charge on any atom is 0.308 e. The first kappa shape index (κ1) is 22.2. The number of hydrogen-bond acceptors (Lipinski definition) is 5. The molecule has 4 rings (SSSR count). The zero-order chi connectivity index (χ0) is 22.9. The number of rotatable bonds is 6. The molecule has 1 saturated carbocycles. The van der Waals surface area contributed by atoms with Gasteiger partial charge in [-0.25, -0.2) is 4.98 Å². The summed E-state index contributed by atoms with van der Waals surface area (Å²) < 4.78 is 13.2. The lowest BCUT2D eigenvalue weighted by molar-refractivity contribution is -0.131. The zero-order valence-electron chi connectivity index (χ0n) is 19.6. The van der Waals surface area contributed by atoms with Gasteiger partial charge in [-0.2, -0.15) is 0 Å². The summed E-state index contributed by atoms with van der Waals surface area (Å²) in [5.41, 5.74) is 3.08. The van der Waals surface area contributed by atoms with E-state index in [9.17, 15) is 4.79 Å². The summed E-state index contributed by atoms with van der Waals surface area (Å²) in [5, 5.41) is 3.52. The minimum absolute atomic E-state index is 0.271. The number of nitrogens with one attached hydrogen (secondary N) is 1. The molecule has 0 radical (unpaired) electrons. The fourth-order valence-electron chi connectivity index (χ4n) is 5.19. The van der Waals surface area contributed by atoms with E-state index in [1.165, 1.54) is 13.3 Å². The number of fused-ring (bicyclic) bond motifs is 1. The summed E-state index contributed by atoms with van der Waals surface area (Å²) in [4.78, 5) is 16.3. The van der Waals surface area contributed by atoms with Gasteiger partial charge in [0.05, 0.1) is 17.6 Å². The van der Waals surface area contributed by atoms with Gasteiger partial charge in [-0.3, -0.25) is 4.79 Å². The fraction of sp³-hybridized carbons (Fsp3) is 0.462. The lowest BCUT2D eigenvalue weighted by Crippen LogP contribution is -2.29. The van der Waals surface area contributed by atoms with Gasteiger partial charge in [-0.15, -0.1) is 0 Å². The first-order chi connectivity index (χ1) is 15.2. The molecule has 170 valence electrons. The molecule has 0 unspecified atom stereocenters. The molecule has 1 N–H and O–H groups in total. The molecule has 1 heterocycles. The number of hydrogen-bond donors (Lipinski definition) is 1. The van der Waals surface area contributed by atoms with Gasteiger partial charge in [0.15, 0.2) is 0 Å². The van der Waals surface area contributed by atoms with Gasteiger partial charge in [0.25, 0.3) is 0 Å². The van der Waals surface area contributed by atoms with Crippen molar-refractivity contribution < 1.29 is 14.3 Å². The number of aromatic nitrogens is 2. The van der Waals surface area contributed by atoms with Crippen molar-refractivity contribution >= 4 is 28.6 Å². The van der Waals surface area contributed by atoms with E-state index >= 15 is 0 Å². The van der Waals surface area contributed by atoms with Crippen LogP contribution in [0.2, 0.25) is 0 Å². The van der Waals surface area contributed by atoms with Gasteiger partial charge in [-0.1, -0.05) is 20.8 Å². The van der Waals surface area contributed by atoms with Crippen LogP contribution in [0.1, 0.15) is 59.9 Å². The Labute approximate surface area is 189 Å². The molecule has 0 aliphatic heterocycles. The highest BCUT2D eigenvalue weighted by Gasteiger charge is 2.34. The monoisotopic (exact) mass is 435 g/mol. The third-order valence-electron chi connectivity index (χ3n) is 6.07. The number of carbonyl (C=O) groups is 1. The van der Waals surface area contributed by atoms with E-state index in [1.807, 2.05) is 49.4 Å². The molecule has 2 aromatic carbocycles. The topological polar surface area (TPSA) is 65.4 Å². The van der Waals surface area contributed by atoms with E-state index in [4.69, 9.17) is 14.5 Å². The average molecular weight is 436 g/mol. The minimum atomic E-state index is -0.334. The molecule has 1 aliphatic carbocycles. The van der Waals surface area contributed by atoms with Crippen LogP contribution in [0.25, 0.3) is 11.0 Å². The van der Waals surface area contributed by atoms with E-state index in [0.717, 1.165) is 41.3 Å². The second-order valence-electron chi connectivity index (χ2n) is 9.70. The van der Waals surface area contributed by atoms with E-state index in [0.29, 0.717) is 24.3 Å². The van der Waals surface area contributed by atoms with E-state index in [-0.39, 0.29) is 11.4 Å². The summed E-state index contributed by atoms with van der Waals surface area (Å²) in [7, 11) is 0. The Bertz CT molecular complexity index is 1100. The molecule has 0 saturated heterocycles. The quantitative estimate of drug-likeness (QED) is 0.354. The van der Waals surface area contributed by atoms with Gasteiger partial charge >= 0.3 is 5.97 Å². The van der Waals surface area contributed by atoms with Crippen molar-refractivity contribution in [2.75, 3.05) is 11.9 Å². The van der Waals surface area contributed by atoms with Crippen LogP contribution in [0.5, 0.6) is 11.5 Å². The molecule has 1 aliphatic rings. The van der Waals surface area contributed by atoms with Crippen LogP contribution >= 0.6 is 0 Å². The summed E-state index contributed by atoms with van der Waals surface area (Å²) in [6, 6.07) is 14.0. The summed E-state index contributed by atoms with van der Waals surface area (Å²) in [5.74, 6) is 2.47. The third kappa shape index (κ3) is 4.90. The SMILES string of the molecule is CCOc1ccc(Nc2nc3cc(OC(C)=O)ccc3n2[C@@H]2C[C@H](C)CC(C)(C)C2)cc1. The Morgan fingerprint density at radius 3 is 2.53 bits per heavy atom. The predicted octanol–water partition coefficient (Wildman–Crippen LogP) is 6.49. The maximum atomic E-state index is 11.4. The lowest BCUT2D eigenvalue weighted by atomic mass is 9.70. The van der Waals surface area contributed by atoms with Gasteiger partial charge < -0.3 is 19.4 Å². The number of nitrogens with zero attached hydrogens (tertiary/aromatic N) is 2. The standard InChI is InChI=1S/C26H33N3O3/c1-6-31-21-9-7-19(8-10-21)27-25-28-23-14-22(32-18(3)30)11-12-24(23)29(25)20-13-17(2)15-26(4,5)16-20/h7-12,14,17,20H,6,13,15-16H2,1-5H3,(H,27,28)/t17-,20+/m0/s1. The molecule has 6 heteroatoms. The van der Waals surface area contributed by atoms with Crippen molar-refractivity contribution in [2.45, 2.75) is 59.9 Å². The molecule has 1 aromatic heterocycles. The van der Waals surface area contributed by atoms with Crippen LogP contribution in [0.3, 0.4) is 0 Å². The van der Waals surface area contributed by atoms with E-state index in [2.05, 4.69) is 30.7 Å². The molecular weight excluding hydrogens is 402 g/mol. The third-order valence-corrected chi connectivity index (χ3v) is 6.07. The van der Waals surface area contributed by atoms with Crippen molar-refractivity contribution in [1.29, 1.82) is 0 Å². The van der Waals surface area contributed by atoms with Crippen LogP contribution in [-0.2, 0) is 4.79 Å². The van der Waals surface area contributed by atoms with Crippen molar-refractivity contribution in [2.24, 2.45) is 11.3 Å². The van der Waals surface area contributed by atoms with Crippen molar-refractivity contribution in [3.8, 4) is 11.5 Å². The molecule has 1 fully saturated rings. The number of benzene rings is 2. The minimum Gasteiger partial charge on any atom is -0.494 e. The van der Waals surface area contributed by atoms with E-state index in [1.54, 1.807) is 0 Å². The average Bonchev–Trinajstić information content (AvgIpc) is 3.04. The molecule has 0 spiro atoms. The predicted molar refractivity (Wildman–Crippen MR) is 128 cm³/mol. The van der Waals surface area contributed by atoms with Crippen molar-refractivity contribution in [3.05, 3.63) is 42.5 Å². The molecule has 2 atom stereocenters. The van der Waals surface area contributed by atoms with Crippen LogP contribution < -0.4 is 14.8 Å². The Balaban J connectivity index is 1.75. The molecule has 6 nitrogen and oxygen atoms in total. The Hall–Kier alpha value is -3.02. The van der Waals surface area contributed by atoms with Gasteiger partial charge in [-0.05, 0) is 73.9 Å². The van der Waals surface area contributed by atoms with Crippen LogP contribution in [-0.4, -0.2) is 22.1 Å². The molecule has 0 bridgehead atoms. The largest absolute Gasteiger partial charge is 0.494 e. The normalized spacial score (nSPS) is 20.2. The lowest BCUT2D eigenvalue weighted by Gasteiger charge is -2.40. The number of anilines is 2. The second-order valence-corrected chi connectivity index (χ2v) is 9.70. The van der Waals surface area contributed by atoms with Crippen LogP contribution in [0.15, 0.2) is 42.5 Å². The summed E-state index contributed by atoms with van der Waals surface area (Å²) >= 11 is 0. The zero-order valence-corrected chi connectivity index (χ0v) is 19.6.